The maximum atomic E-state index is 11.4. The highest BCUT2D eigenvalue weighted by Gasteiger charge is 2.15. The molecular weight excluding hydrogens is 286 g/mol. The third kappa shape index (κ3) is 6.18. The lowest BCUT2D eigenvalue weighted by Gasteiger charge is -2.19. The molecule has 1 aromatic carbocycles. The number of carbonyl (C=O) groups excluding carboxylic acids is 1. The van der Waals surface area contributed by atoms with Crippen molar-refractivity contribution in [3.8, 4) is 17.6 Å². The fourth-order valence-electron chi connectivity index (χ4n) is 1.50. The molecule has 3 N–H and O–H groups in total. The van der Waals surface area contributed by atoms with Gasteiger partial charge in [-0.2, -0.15) is 0 Å². The minimum atomic E-state index is -1.20. The molecule has 0 unspecified atom stereocenters. The number of nitrogens with one attached hydrogen (secondary N) is 1. The minimum Gasteiger partial charge on any atom is -0.507 e. The van der Waals surface area contributed by atoms with Crippen LogP contribution >= 0.6 is 0 Å². The Bertz CT molecular complexity index is 620. The SMILES string of the molecule is CC(C)(C)OC(=O)NCCC#Cc1ccc(C(=O)O)c(O)c1. The first-order valence-corrected chi connectivity index (χ1v) is 6.71. The van der Waals surface area contributed by atoms with Crippen LogP contribution in [0.3, 0.4) is 0 Å². The molecule has 1 aromatic rings. The summed E-state index contributed by atoms with van der Waals surface area (Å²) in [5.74, 6) is 4.07. The second kappa shape index (κ2) is 7.36. The third-order valence-corrected chi connectivity index (χ3v) is 2.38. The number of ether oxygens (including phenoxy) is 1. The van der Waals surface area contributed by atoms with Gasteiger partial charge in [-0.05, 0) is 39.0 Å². The molecule has 0 radical (unpaired) electrons. The van der Waals surface area contributed by atoms with E-state index in [2.05, 4.69) is 17.2 Å². The number of hydrogen-bond acceptors (Lipinski definition) is 4. The zero-order valence-corrected chi connectivity index (χ0v) is 12.8. The van der Waals surface area contributed by atoms with E-state index >= 15 is 0 Å². The van der Waals surface area contributed by atoms with Crippen molar-refractivity contribution in [1.82, 2.24) is 5.32 Å². The minimum absolute atomic E-state index is 0.169. The highest BCUT2D eigenvalue weighted by molar-refractivity contribution is 5.90. The summed E-state index contributed by atoms with van der Waals surface area (Å²) >= 11 is 0. The van der Waals surface area contributed by atoms with Gasteiger partial charge in [0.25, 0.3) is 0 Å². The van der Waals surface area contributed by atoms with Crippen LogP contribution in [-0.4, -0.2) is 34.4 Å². The van der Waals surface area contributed by atoms with Crippen LogP contribution in [0.5, 0.6) is 5.75 Å². The van der Waals surface area contributed by atoms with Crippen LogP contribution in [0.15, 0.2) is 18.2 Å². The fourth-order valence-corrected chi connectivity index (χ4v) is 1.50. The number of carboxylic acid groups (broad SMARTS) is 1. The van der Waals surface area contributed by atoms with Crippen LogP contribution in [0.1, 0.15) is 43.1 Å². The van der Waals surface area contributed by atoms with Gasteiger partial charge in [0, 0.05) is 18.5 Å². The molecule has 0 spiro atoms. The third-order valence-electron chi connectivity index (χ3n) is 2.38. The number of alkyl carbamates (subject to hydrolysis) is 1. The number of phenols is 1. The summed E-state index contributed by atoms with van der Waals surface area (Å²) < 4.78 is 5.07. The molecule has 0 aliphatic heterocycles. The zero-order valence-electron chi connectivity index (χ0n) is 12.8. The lowest BCUT2D eigenvalue weighted by molar-refractivity contribution is 0.0528. The number of carboxylic acids is 1. The molecule has 22 heavy (non-hydrogen) atoms. The molecule has 118 valence electrons. The fraction of sp³-hybridized carbons (Fsp3) is 0.375. The van der Waals surface area contributed by atoms with Crippen LogP contribution < -0.4 is 5.32 Å². The Labute approximate surface area is 129 Å². The molecule has 0 heterocycles. The van der Waals surface area contributed by atoms with Gasteiger partial charge < -0.3 is 20.3 Å². The molecule has 0 fully saturated rings. The average molecular weight is 305 g/mol. The van der Waals surface area contributed by atoms with Gasteiger partial charge in [-0.1, -0.05) is 11.8 Å². The van der Waals surface area contributed by atoms with Crippen molar-refractivity contribution in [2.24, 2.45) is 0 Å². The Kier molecular flexibility index (Phi) is 5.81. The number of aromatic hydroxyl groups is 1. The second-order valence-corrected chi connectivity index (χ2v) is 5.52. The van der Waals surface area contributed by atoms with Gasteiger partial charge in [-0.15, -0.1) is 0 Å². The van der Waals surface area contributed by atoms with E-state index in [1.54, 1.807) is 20.8 Å². The summed E-state index contributed by atoms with van der Waals surface area (Å²) in [4.78, 5) is 22.1. The van der Waals surface area contributed by atoms with E-state index in [0.717, 1.165) is 0 Å². The van der Waals surface area contributed by atoms with Crippen molar-refractivity contribution < 1.29 is 24.5 Å². The van der Waals surface area contributed by atoms with Crippen molar-refractivity contribution in [2.45, 2.75) is 32.8 Å². The quantitative estimate of drug-likeness (QED) is 0.588. The molecule has 0 aliphatic rings. The monoisotopic (exact) mass is 305 g/mol. The van der Waals surface area contributed by atoms with Crippen LogP contribution in [0.2, 0.25) is 0 Å². The topological polar surface area (TPSA) is 95.9 Å². The standard InChI is InChI=1S/C16H19NO5/c1-16(2,3)22-15(21)17-9-5-4-6-11-7-8-12(14(19)20)13(18)10-11/h7-8,10,18H,5,9H2,1-3H3,(H,17,21)(H,19,20). The molecule has 0 aromatic heterocycles. The first-order valence-electron chi connectivity index (χ1n) is 6.71. The summed E-state index contributed by atoms with van der Waals surface area (Å²) in [6, 6.07) is 4.09. The molecule has 6 nitrogen and oxygen atoms in total. The van der Waals surface area contributed by atoms with E-state index < -0.39 is 17.7 Å². The Morgan fingerprint density at radius 1 is 1.32 bits per heavy atom. The second-order valence-electron chi connectivity index (χ2n) is 5.52. The van der Waals surface area contributed by atoms with E-state index in [0.29, 0.717) is 18.5 Å². The summed E-state index contributed by atoms with van der Waals surface area (Å²) in [5.41, 5.74) is -0.212. The molecule has 0 atom stereocenters. The van der Waals surface area contributed by atoms with E-state index in [1.165, 1.54) is 18.2 Å². The Morgan fingerprint density at radius 3 is 2.55 bits per heavy atom. The van der Waals surface area contributed by atoms with Crippen LogP contribution in [0.25, 0.3) is 0 Å². The molecule has 1 amide bonds. The lowest BCUT2D eigenvalue weighted by atomic mass is 10.1. The summed E-state index contributed by atoms with van der Waals surface area (Å²) in [5, 5.41) is 20.9. The smallest absolute Gasteiger partial charge is 0.407 e. The predicted molar refractivity (Wildman–Crippen MR) is 80.8 cm³/mol. The van der Waals surface area contributed by atoms with Crippen molar-refractivity contribution in [2.75, 3.05) is 6.54 Å². The van der Waals surface area contributed by atoms with Gasteiger partial charge in [0.2, 0.25) is 0 Å². The molecule has 0 saturated carbocycles. The maximum Gasteiger partial charge on any atom is 0.407 e. The van der Waals surface area contributed by atoms with Crippen LogP contribution in [0, 0.1) is 11.8 Å². The summed E-state index contributed by atoms with van der Waals surface area (Å²) in [6.07, 6.45) is -0.0986. The van der Waals surface area contributed by atoms with Gasteiger partial charge >= 0.3 is 12.1 Å². The first-order chi connectivity index (χ1) is 10.2. The van der Waals surface area contributed by atoms with E-state index in [-0.39, 0.29) is 11.3 Å². The number of rotatable bonds is 3. The maximum absolute atomic E-state index is 11.4. The van der Waals surface area contributed by atoms with Gasteiger partial charge in [0.05, 0.1) is 0 Å². The average Bonchev–Trinajstić information content (AvgIpc) is 2.35. The highest BCUT2D eigenvalue weighted by Crippen LogP contribution is 2.18. The molecule has 0 bridgehead atoms. The number of aromatic carboxylic acids is 1. The first kappa shape index (κ1) is 17.4. The Hall–Kier alpha value is -2.68. The number of carbonyl (C=O) groups is 2. The Balaban J connectivity index is 2.47. The van der Waals surface area contributed by atoms with Crippen molar-refractivity contribution >= 4 is 12.1 Å². The van der Waals surface area contributed by atoms with Crippen molar-refractivity contribution in [3.05, 3.63) is 29.3 Å². The molecule has 1 rings (SSSR count). The normalized spacial score (nSPS) is 10.3. The molecule has 0 aliphatic carbocycles. The number of amides is 1. The van der Waals surface area contributed by atoms with Gasteiger partial charge in [0.1, 0.15) is 16.9 Å². The van der Waals surface area contributed by atoms with Crippen molar-refractivity contribution in [1.29, 1.82) is 0 Å². The van der Waals surface area contributed by atoms with Gasteiger partial charge in [-0.25, -0.2) is 9.59 Å². The molecule has 0 saturated heterocycles. The highest BCUT2D eigenvalue weighted by atomic mass is 16.6. The van der Waals surface area contributed by atoms with E-state index in [9.17, 15) is 14.7 Å². The zero-order chi connectivity index (χ0) is 16.8. The summed E-state index contributed by atoms with van der Waals surface area (Å²) in [6.45, 7) is 5.67. The lowest BCUT2D eigenvalue weighted by Crippen LogP contribution is -2.32. The summed E-state index contributed by atoms with van der Waals surface area (Å²) in [7, 11) is 0. The van der Waals surface area contributed by atoms with Gasteiger partial charge in [0.15, 0.2) is 0 Å². The van der Waals surface area contributed by atoms with Crippen LogP contribution in [0.4, 0.5) is 4.79 Å². The predicted octanol–water partition coefficient (Wildman–Crippen LogP) is 2.36. The molecular formula is C16H19NO5. The Morgan fingerprint density at radius 2 is 2.00 bits per heavy atom. The van der Waals surface area contributed by atoms with Crippen LogP contribution in [-0.2, 0) is 4.74 Å². The molecule has 6 heteroatoms. The number of benzene rings is 1. The van der Waals surface area contributed by atoms with Gasteiger partial charge in [-0.3, -0.25) is 0 Å². The van der Waals surface area contributed by atoms with E-state index in [1.807, 2.05) is 0 Å². The van der Waals surface area contributed by atoms with E-state index in [4.69, 9.17) is 9.84 Å². The van der Waals surface area contributed by atoms with Crippen molar-refractivity contribution in [3.63, 3.8) is 0 Å². The largest absolute Gasteiger partial charge is 0.507 e. The number of hydrogen-bond donors (Lipinski definition) is 3.